The molecule has 0 aliphatic carbocycles. The summed E-state index contributed by atoms with van der Waals surface area (Å²) in [7, 11) is 0. The van der Waals surface area contributed by atoms with Gasteiger partial charge in [0.05, 0.1) is 5.69 Å². The van der Waals surface area contributed by atoms with Crippen molar-refractivity contribution in [3.63, 3.8) is 0 Å². The first-order valence-corrected chi connectivity index (χ1v) is 5.07. The van der Waals surface area contributed by atoms with Gasteiger partial charge in [0.15, 0.2) is 5.69 Å². The highest BCUT2D eigenvalue weighted by Crippen LogP contribution is 2.06. The number of H-pyrrole nitrogens is 1. The summed E-state index contributed by atoms with van der Waals surface area (Å²) in [5.41, 5.74) is 1.17. The lowest BCUT2D eigenvalue weighted by Gasteiger charge is -2.04. The maximum Gasteiger partial charge on any atom is 0.274 e. The number of benzene rings is 1. The van der Waals surface area contributed by atoms with E-state index in [0.717, 1.165) is 0 Å². The minimum absolute atomic E-state index is 0.123. The van der Waals surface area contributed by atoms with Gasteiger partial charge < -0.3 is 5.32 Å². The summed E-state index contributed by atoms with van der Waals surface area (Å²) in [5.74, 6) is -0.718. The second-order valence-corrected chi connectivity index (χ2v) is 3.53. The molecule has 17 heavy (non-hydrogen) atoms. The molecule has 0 saturated carbocycles. The number of aryl methyl sites for hydroxylation is 1. The molecule has 1 aromatic heterocycles. The molecule has 6 heteroatoms. The van der Waals surface area contributed by atoms with Crippen LogP contribution >= 0.6 is 0 Å². The lowest BCUT2D eigenvalue weighted by Crippen LogP contribution is -2.24. The summed E-state index contributed by atoms with van der Waals surface area (Å²) in [6, 6.07) is 6.28. The summed E-state index contributed by atoms with van der Waals surface area (Å²) in [5, 5.41) is 12.4. The fourth-order valence-corrected chi connectivity index (χ4v) is 1.40. The van der Waals surface area contributed by atoms with E-state index in [2.05, 4.69) is 20.7 Å². The lowest BCUT2D eigenvalue weighted by atomic mass is 10.2. The van der Waals surface area contributed by atoms with Crippen molar-refractivity contribution in [2.45, 2.75) is 13.5 Å². The summed E-state index contributed by atoms with van der Waals surface area (Å²) >= 11 is 0. The molecule has 0 spiro atoms. The predicted molar refractivity (Wildman–Crippen MR) is 58.7 cm³/mol. The quantitative estimate of drug-likeness (QED) is 0.837. The van der Waals surface area contributed by atoms with Crippen LogP contribution in [0.1, 0.15) is 21.7 Å². The van der Waals surface area contributed by atoms with Crippen molar-refractivity contribution in [1.82, 2.24) is 20.7 Å². The van der Waals surface area contributed by atoms with Gasteiger partial charge in [-0.05, 0) is 13.0 Å². The fraction of sp³-hybridized carbons (Fsp3) is 0.182. The van der Waals surface area contributed by atoms with Gasteiger partial charge in [0, 0.05) is 12.1 Å². The van der Waals surface area contributed by atoms with Gasteiger partial charge in [0.1, 0.15) is 5.82 Å². The summed E-state index contributed by atoms with van der Waals surface area (Å²) in [6.45, 7) is 1.79. The summed E-state index contributed by atoms with van der Waals surface area (Å²) < 4.78 is 13.3. The van der Waals surface area contributed by atoms with Crippen LogP contribution in [0.2, 0.25) is 0 Å². The Hall–Kier alpha value is -2.24. The van der Waals surface area contributed by atoms with Gasteiger partial charge in [0.2, 0.25) is 0 Å². The molecule has 2 rings (SSSR count). The number of nitrogens with one attached hydrogen (secondary N) is 2. The average molecular weight is 234 g/mol. The first kappa shape index (κ1) is 11.3. The van der Waals surface area contributed by atoms with E-state index in [1.165, 1.54) is 6.07 Å². The second-order valence-electron chi connectivity index (χ2n) is 3.53. The number of halogens is 1. The normalized spacial score (nSPS) is 10.2. The molecule has 0 fully saturated rings. The van der Waals surface area contributed by atoms with Gasteiger partial charge in [-0.25, -0.2) is 4.39 Å². The van der Waals surface area contributed by atoms with Crippen LogP contribution in [0, 0.1) is 12.7 Å². The molecular formula is C11H11FN4O. The summed E-state index contributed by atoms with van der Waals surface area (Å²) in [6.07, 6.45) is 0. The van der Waals surface area contributed by atoms with Crippen molar-refractivity contribution in [3.05, 3.63) is 47.0 Å². The van der Waals surface area contributed by atoms with E-state index in [1.54, 1.807) is 25.1 Å². The van der Waals surface area contributed by atoms with Crippen molar-refractivity contribution in [1.29, 1.82) is 0 Å². The Morgan fingerprint density at radius 1 is 1.41 bits per heavy atom. The molecule has 0 bridgehead atoms. The Morgan fingerprint density at radius 2 is 2.18 bits per heavy atom. The zero-order valence-electron chi connectivity index (χ0n) is 9.20. The van der Waals surface area contributed by atoms with Gasteiger partial charge >= 0.3 is 0 Å². The Morgan fingerprint density at radius 3 is 2.82 bits per heavy atom. The van der Waals surface area contributed by atoms with Gasteiger partial charge in [-0.2, -0.15) is 15.4 Å². The standard InChI is InChI=1S/C11H11FN4O/c1-7-10(15-16-14-7)11(17)13-6-8-4-2-3-5-9(8)12/h2-5H,6H2,1H3,(H,13,17)(H,14,15,16). The van der Waals surface area contributed by atoms with Gasteiger partial charge in [-0.15, -0.1) is 0 Å². The minimum Gasteiger partial charge on any atom is -0.346 e. The Balaban J connectivity index is 2.02. The molecule has 0 saturated heterocycles. The monoisotopic (exact) mass is 234 g/mol. The molecule has 1 heterocycles. The minimum atomic E-state index is -0.375. The number of aromatic amines is 1. The average Bonchev–Trinajstić information content (AvgIpc) is 2.74. The number of rotatable bonds is 3. The fourth-order valence-electron chi connectivity index (χ4n) is 1.40. The molecule has 88 valence electrons. The molecule has 1 amide bonds. The number of amides is 1. The maximum atomic E-state index is 13.3. The molecule has 0 aliphatic rings. The number of carbonyl (C=O) groups excluding carboxylic acids is 1. The molecule has 0 radical (unpaired) electrons. The first-order valence-electron chi connectivity index (χ1n) is 5.07. The van der Waals surface area contributed by atoms with Crippen molar-refractivity contribution in [2.75, 3.05) is 0 Å². The molecule has 2 aromatic rings. The van der Waals surface area contributed by atoms with Crippen LogP contribution in [0.25, 0.3) is 0 Å². The van der Waals surface area contributed by atoms with E-state index in [-0.39, 0.29) is 24.0 Å². The number of nitrogens with zero attached hydrogens (tertiary/aromatic N) is 2. The number of aromatic nitrogens is 3. The van der Waals surface area contributed by atoms with Crippen LogP contribution < -0.4 is 5.32 Å². The molecule has 0 atom stereocenters. The first-order chi connectivity index (χ1) is 8.18. The van der Waals surface area contributed by atoms with E-state index in [9.17, 15) is 9.18 Å². The molecular weight excluding hydrogens is 223 g/mol. The van der Waals surface area contributed by atoms with Gasteiger partial charge in [-0.1, -0.05) is 18.2 Å². The van der Waals surface area contributed by atoms with Crippen molar-refractivity contribution in [3.8, 4) is 0 Å². The highest BCUT2D eigenvalue weighted by atomic mass is 19.1. The van der Waals surface area contributed by atoms with E-state index in [0.29, 0.717) is 11.3 Å². The van der Waals surface area contributed by atoms with E-state index < -0.39 is 0 Å². The Labute approximate surface area is 97.0 Å². The smallest absolute Gasteiger partial charge is 0.274 e. The molecule has 2 N–H and O–H groups in total. The van der Waals surface area contributed by atoms with Crippen molar-refractivity contribution in [2.24, 2.45) is 0 Å². The maximum absolute atomic E-state index is 13.3. The third-order valence-corrected chi connectivity index (χ3v) is 2.33. The zero-order chi connectivity index (χ0) is 12.3. The van der Waals surface area contributed by atoms with Crippen LogP contribution in [-0.2, 0) is 6.54 Å². The van der Waals surface area contributed by atoms with Crippen LogP contribution in [0.15, 0.2) is 24.3 Å². The Kier molecular flexibility index (Phi) is 3.13. The van der Waals surface area contributed by atoms with Crippen LogP contribution in [0.4, 0.5) is 4.39 Å². The molecule has 0 unspecified atom stereocenters. The van der Waals surface area contributed by atoms with Crippen LogP contribution in [0.5, 0.6) is 0 Å². The summed E-state index contributed by atoms with van der Waals surface area (Å²) in [4.78, 5) is 11.7. The van der Waals surface area contributed by atoms with E-state index in [1.807, 2.05) is 0 Å². The number of hydrogen-bond donors (Lipinski definition) is 2. The Bertz CT molecular complexity index is 538. The van der Waals surface area contributed by atoms with E-state index >= 15 is 0 Å². The highest BCUT2D eigenvalue weighted by molar-refractivity contribution is 5.92. The highest BCUT2D eigenvalue weighted by Gasteiger charge is 2.13. The van der Waals surface area contributed by atoms with Gasteiger partial charge in [0.25, 0.3) is 5.91 Å². The van der Waals surface area contributed by atoms with Crippen LogP contribution in [0.3, 0.4) is 0 Å². The third kappa shape index (κ3) is 2.47. The van der Waals surface area contributed by atoms with Crippen molar-refractivity contribution < 1.29 is 9.18 Å². The third-order valence-electron chi connectivity index (χ3n) is 2.33. The molecule has 1 aromatic carbocycles. The number of hydrogen-bond acceptors (Lipinski definition) is 3. The SMILES string of the molecule is Cc1n[nH]nc1C(=O)NCc1ccccc1F. The van der Waals surface area contributed by atoms with E-state index in [4.69, 9.17) is 0 Å². The topological polar surface area (TPSA) is 70.7 Å². The lowest BCUT2D eigenvalue weighted by molar-refractivity contribution is 0.0945. The molecule has 5 nitrogen and oxygen atoms in total. The largest absolute Gasteiger partial charge is 0.346 e. The van der Waals surface area contributed by atoms with Crippen LogP contribution in [-0.4, -0.2) is 21.3 Å². The number of carbonyl (C=O) groups is 1. The predicted octanol–water partition coefficient (Wildman–Crippen LogP) is 1.18. The second kappa shape index (κ2) is 4.73. The zero-order valence-corrected chi connectivity index (χ0v) is 9.20. The van der Waals surface area contributed by atoms with Crippen molar-refractivity contribution >= 4 is 5.91 Å². The van der Waals surface area contributed by atoms with Gasteiger partial charge in [-0.3, -0.25) is 4.79 Å². The molecule has 0 aliphatic heterocycles.